The van der Waals surface area contributed by atoms with Crippen LogP contribution in [0.1, 0.15) is 48.5 Å². The van der Waals surface area contributed by atoms with Gasteiger partial charge in [-0.05, 0) is 55.3 Å². The van der Waals surface area contributed by atoms with Crippen LogP contribution >= 0.6 is 0 Å². The molecule has 2 nitrogen and oxygen atoms in total. The molecule has 0 aliphatic heterocycles. The third-order valence-electron chi connectivity index (χ3n) is 3.45. The highest BCUT2D eigenvalue weighted by Crippen LogP contribution is 2.25. The summed E-state index contributed by atoms with van der Waals surface area (Å²) in [4.78, 5) is 0. The second-order valence-corrected chi connectivity index (χ2v) is 4.68. The van der Waals surface area contributed by atoms with Gasteiger partial charge in [-0.3, -0.25) is 0 Å². The first-order valence-corrected chi connectivity index (χ1v) is 6.31. The number of hydrogen-bond acceptors (Lipinski definition) is 2. The molecule has 0 heterocycles. The predicted molar refractivity (Wildman–Crippen MR) is 66.3 cm³/mol. The van der Waals surface area contributed by atoms with E-state index in [2.05, 4.69) is 18.2 Å². The molecule has 0 bridgehead atoms. The first-order chi connectivity index (χ1) is 7.81. The highest BCUT2D eigenvalue weighted by Gasteiger charge is 2.12. The van der Waals surface area contributed by atoms with Crippen LogP contribution in [0, 0.1) is 0 Å². The third kappa shape index (κ3) is 2.63. The summed E-state index contributed by atoms with van der Waals surface area (Å²) in [7, 11) is 0. The summed E-state index contributed by atoms with van der Waals surface area (Å²) in [6, 6.07) is 6.43. The lowest BCUT2D eigenvalue weighted by molar-refractivity contribution is 0.170. The van der Waals surface area contributed by atoms with E-state index in [1.165, 1.54) is 43.2 Å². The lowest BCUT2D eigenvalue weighted by Crippen LogP contribution is -2.07. The molecule has 0 aromatic heterocycles. The van der Waals surface area contributed by atoms with Gasteiger partial charge in [-0.1, -0.05) is 24.6 Å². The molecule has 1 aromatic rings. The van der Waals surface area contributed by atoms with E-state index in [0.717, 1.165) is 5.56 Å². The van der Waals surface area contributed by atoms with E-state index in [0.29, 0.717) is 13.0 Å². The van der Waals surface area contributed by atoms with Crippen LogP contribution in [0.4, 0.5) is 0 Å². The Labute approximate surface area is 97.5 Å². The molecule has 88 valence electrons. The van der Waals surface area contributed by atoms with Crippen molar-refractivity contribution >= 4 is 0 Å². The second kappa shape index (κ2) is 5.46. The molecule has 0 radical (unpaired) electrons. The summed E-state index contributed by atoms with van der Waals surface area (Å²) in [5.74, 6) is 0. The number of aliphatic hydroxyl groups excluding tert-OH is 1. The molecule has 0 saturated heterocycles. The summed E-state index contributed by atoms with van der Waals surface area (Å²) in [6.07, 6.45) is 6.54. The second-order valence-electron chi connectivity index (χ2n) is 4.68. The smallest absolute Gasteiger partial charge is 0.0802 e. The van der Waals surface area contributed by atoms with Crippen LogP contribution < -0.4 is 5.73 Å². The van der Waals surface area contributed by atoms with E-state index in [9.17, 15) is 5.11 Å². The standard InChI is InChI=1S/C14H21NO/c15-9-8-14(16)13-7-6-11-4-2-1-3-5-12(11)10-13/h6-7,10,14,16H,1-5,8-9,15H2. The molecule has 3 N–H and O–H groups in total. The molecule has 0 saturated carbocycles. The molecule has 1 aromatic carbocycles. The number of hydrogen-bond donors (Lipinski definition) is 2. The van der Waals surface area contributed by atoms with Gasteiger partial charge in [0.2, 0.25) is 0 Å². The van der Waals surface area contributed by atoms with Gasteiger partial charge in [-0.25, -0.2) is 0 Å². The molecule has 1 aliphatic carbocycles. The largest absolute Gasteiger partial charge is 0.388 e. The minimum Gasteiger partial charge on any atom is -0.388 e. The fourth-order valence-electron chi connectivity index (χ4n) is 2.46. The van der Waals surface area contributed by atoms with E-state index >= 15 is 0 Å². The number of nitrogens with two attached hydrogens (primary N) is 1. The van der Waals surface area contributed by atoms with Crippen LogP contribution in [-0.4, -0.2) is 11.7 Å². The van der Waals surface area contributed by atoms with E-state index in [1.54, 1.807) is 0 Å². The minimum absolute atomic E-state index is 0.390. The maximum absolute atomic E-state index is 9.91. The fourth-order valence-corrected chi connectivity index (χ4v) is 2.46. The first kappa shape index (κ1) is 11.6. The summed E-state index contributed by atoms with van der Waals surface area (Å²) >= 11 is 0. The Morgan fingerprint density at radius 2 is 1.88 bits per heavy atom. The zero-order valence-electron chi connectivity index (χ0n) is 9.78. The topological polar surface area (TPSA) is 46.2 Å². The zero-order chi connectivity index (χ0) is 11.4. The Kier molecular flexibility index (Phi) is 3.97. The minimum atomic E-state index is -0.390. The van der Waals surface area contributed by atoms with Crippen molar-refractivity contribution in [2.24, 2.45) is 5.73 Å². The molecule has 16 heavy (non-hydrogen) atoms. The maximum atomic E-state index is 9.91. The number of fused-ring (bicyclic) bond motifs is 1. The Balaban J connectivity index is 2.20. The van der Waals surface area contributed by atoms with Crippen LogP contribution in [0.25, 0.3) is 0 Å². The summed E-state index contributed by atoms with van der Waals surface area (Å²) in [5.41, 5.74) is 9.41. The van der Waals surface area contributed by atoms with Crippen molar-refractivity contribution in [3.05, 3.63) is 34.9 Å². The quantitative estimate of drug-likeness (QED) is 0.766. The van der Waals surface area contributed by atoms with E-state index < -0.39 is 6.10 Å². The van der Waals surface area contributed by atoms with Gasteiger partial charge >= 0.3 is 0 Å². The van der Waals surface area contributed by atoms with Crippen molar-refractivity contribution in [3.8, 4) is 0 Å². The van der Waals surface area contributed by atoms with Gasteiger partial charge in [0, 0.05) is 0 Å². The van der Waals surface area contributed by atoms with Crippen molar-refractivity contribution in [1.82, 2.24) is 0 Å². The van der Waals surface area contributed by atoms with Crippen molar-refractivity contribution in [1.29, 1.82) is 0 Å². The monoisotopic (exact) mass is 219 g/mol. The van der Waals surface area contributed by atoms with Gasteiger partial charge in [-0.15, -0.1) is 0 Å². The lowest BCUT2D eigenvalue weighted by atomic mass is 9.97. The molecule has 1 atom stereocenters. The normalized spacial score (nSPS) is 17.6. The molecule has 0 fully saturated rings. The van der Waals surface area contributed by atoms with Gasteiger partial charge < -0.3 is 10.8 Å². The Bertz CT molecular complexity index is 349. The average Bonchev–Trinajstić information content (AvgIpc) is 2.53. The Morgan fingerprint density at radius 1 is 1.12 bits per heavy atom. The molecular formula is C14H21NO. The van der Waals surface area contributed by atoms with Crippen molar-refractivity contribution in [2.45, 2.75) is 44.6 Å². The molecule has 2 heteroatoms. The van der Waals surface area contributed by atoms with Gasteiger partial charge in [0.25, 0.3) is 0 Å². The SMILES string of the molecule is NCCC(O)c1ccc2c(c1)CCCCC2. The van der Waals surface area contributed by atoms with E-state index in [4.69, 9.17) is 5.73 Å². The summed E-state index contributed by atoms with van der Waals surface area (Å²) in [6.45, 7) is 0.540. The number of benzene rings is 1. The number of aliphatic hydroxyl groups is 1. The van der Waals surface area contributed by atoms with Crippen LogP contribution in [0.3, 0.4) is 0 Å². The average molecular weight is 219 g/mol. The summed E-state index contributed by atoms with van der Waals surface area (Å²) in [5, 5.41) is 9.91. The maximum Gasteiger partial charge on any atom is 0.0802 e. The van der Waals surface area contributed by atoms with Crippen molar-refractivity contribution in [3.63, 3.8) is 0 Å². The first-order valence-electron chi connectivity index (χ1n) is 6.31. The molecule has 0 amide bonds. The molecular weight excluding hydrogens is 198 g/mol. The van der Waals surface area contributed by atoms with Crippen LogP contribution in [-0.2, 0) is 12.8 Å². The zero-order valence-corrected chi connectivity index (χ0v) is 9.78. The predicted octanol–water partition coefficient (Wildman–Crippen LogP) is 2.34. The fraction of sp³-hybridized carbons (Fsp3) is 0.571. The Hall–Kier alpha value is -0.860. The van der Waals surface area contributed by atoms with Crippen LogP contribution in [0.15, 0.2) is 18.2 Å². The van der Waals surface area contributed by atoms with E-state index in [-0.39, 0.29) is 0 Å². The molecule has 0 spiro atoms. The van der Waals surface area contributed by atoms with Gasteiger partial charge in [-0.2, -0.15) is 0 Å². The number of aryl methyl sites for hydroxylation is 2. The van der Waals surface area contributed by atoms with Crippen LogP contribution in [0.5, 0.6) is 0 Å². The van der Waals surface area contributed by atoms with E-state index in [1.807, 2.05) is 0 Å². The molecule has 1 unspecified atom stereocenters. The molecule has 1 aliphatic rings. The van der Waals surface area contributed by atoms with Crippen molar-refractivity contribution in [2.75, 3.05) is 6.54 Å². The number of rotatable bonds is 3. The Morgan fingerprint density at radius 3 is 2.62 bits per heavy atom. The highest BCUT2D eigenvalue weighted by atomic mass is 16.3. The highest BCUT2D eigenvalue weighted by molar-refractivity contribution is 5.34. The van der Waals surface area contributed by atoms with Gasteiger partial charge in [0.1, 0.15) is 0 Å². The lowest BCUT2D eigenvalue weighted by Gasteiger charge is -2.13. The van der Waals surface area contributed by atoms with Gasteiger partial charge in [0.15, 0.2) is 0 Å². The third-order valence-corrected chi connectivity index (χ3v) is 3.45. The molecule has 2 rings (SSSR count). The van der Waals surface area contributed by atoms with Crippen LogP contribution in [0.2, 0.25) is 0 Å². The van der Waals surface area contributed by atoms with Gasteiger partial charge in [0.05, 0.1) is 6.10 Å². The van der Waals surface area contributed by atoms with Crippen molar-refractivity contribution < 1.29 is 5.11 Å². The summed E-state index contributed by atoms with van der Waals surface area (Å²) < 4.78 is 0.